The second-order valence-electron chi connectivity index (χ2n) is 4.41. The van der Waals surface area contributed by atoms with E-state index in [9.17, 15) is 0 Å². The van der Waals surface area contributed by atoms with E-state index < -0.39 is 0 Å². The molecule has 0 saturated carbocycles. The highest BCUT2D eigenvalue weighted by molar-refractivity contribution is 9.10. The fourth-order valence-electron chi connectivity index (χ4n) is 1.91. The van der Waals surface area contributed by atoms with Crippen LogP contribution in [0.25, 0.3) is 0 Å². The number of halogens is 1. The van der Waals surface area contributed by atoms with Crippen molar-refractivity contribution in [2.75, 3.05) is 6.54 Å². The second-order valence-corrected chi connectivity index (χ2v) is 5.32. The topological polar surface area (TPSA) is 50.7 Å². The molecule has 0 aromatic carbocycles. The molecule has 100 valence electrons. The summed E-state index contributed by atoms with van der Waals surface area (Å²) in [5, 5.41) is 3.44. The Kier molecular flexibility index (Phi) is 4.99. The summed E-state index contributed by atoms with van der Waals surface area (Å²) < 4.78 is 0.996. The van der Waals surface area contributed by atoms with Crippen molar-refractivity contribution in [3.05, 3.63) is 52.3 Å². The summed E-state index contributed by atoms with van der Waals surface area (Å²) in [5.74, 6) is 0. The van der Waals surface area contributed by atoms with Crippen molar-refractivity contribution in [3.63, 3.8) is 0 Å². The van der Waals surface area contributed by atoms with Gasteiger partial charge in [-0.25, -0.2) is 0 Å². The van der Waals surface area contributed by atoms with Crippen LogP contribution < -0.4 is 5.32 Å². The SMILES string of the molecule is CCNC(Cc1cncc(Br)c1)c1cnc(C)cn1. The largest absolute Gasteiger partial charge is 0.309 e. The summed E-state index contributed by atoms with van der Waals surface area (Å²) >= 11 is 3.45. The van der Waals surface area contributed by atoms with Gasteiger partial charge in [0, 0.05) is 23.1 Å². The number of hydrogen-bond acceptors (Lipinski definition) is 4. The monoisotopic (exact) mass is 320 g/mol. The second kappa shape index (κ2) is 6.73. The molecule has 0 aliphatic carbocycles. The Morgan fingerprint density at radius 3 is 2.68 bits per heavy atom. The van der Waals surface area contributed by atoms with Gasteiger partial charge in [0.25, 0.3) is 0 Å². The van der Waals surface area contributed by atoms with Crippen LogP contribution in [0.15, 0.2) is 35.3 Å². The van der Waals surface area contributed by atoms with Crippen molar-refractivity contribution in [2.24, 2.45) is 0 Å². The molecule has 5 heteroatoms. The predicted octanol–water partition coefficient (Wildman–Crippen LogP) is 2.84. The van der Waals surface area contributed by atoms with Gasteiger partial charge in [-0.2, -0.15) is 0 Å². The Labute approximate surface area is 121 Å². The average Bonchev–Trinajstić information content (AvgIpc) is 2.39. The molecule has 2 rings (SSSR count). The van der Waals surface area contributed by atoms with Gasteiger partial charge in [0.05, 0.1) is 23.6 Å². The lowest BCUT2D eigenvalue weighted by atomic mass is 10.1. The fourth-order valence-corrected chi connectivity index (χ4v) is 2.33. The van der Waals surface area contributed by atoms with Crippen LogP contribution in [0.1, 0.15) is 29.9 Å². The first-order valence-electron chi connectivity index (χ1n) is 6.30. The summed E-state index contributed by atoms with van der Waals surface area (Å²) in [5.41, 5.74) is 3.07. The van der Waals surface area contributed by atoms with Gasteiger partial charge in [-0.15, -0.1) is 0 Å². The Bertz CT molecular complexity index is 527. The standard InChI is InChI=1S/C14H17BrN4/c1-3-17-13(14-9-18-10(2)6-19-14)5-11-4-12(15)8-16-7-11/h4,6-9,13,17H,3,5H2,1-2H3. The number of pyridine rings is 1. The van der Waals surface area contributed by atoms with E-state index >= 15 is 0 Å². The Morgan fingerprint density at radius 2 is 2.05 bits per heavy atom. The Balaban J connectivity index is 2.18. The first kappa shape index (κ1) is 14.1. The lowest BCUT2D eigenvalue weighted by Crippen LogP contribution is -2.24. The first-order chi connectivity index (χ1) is 9.19. The molecule has 0 spiro atoms. The van der Waals surface area contributed by atoms with Crippen molar-refractivity contribution in [1.29, 1.82) is 0 Å². The maximum absolute atomic E-state index is 4.46. The van der Waals surface area contributed by atoms with Crippen LogP contribution in [-0.2, 0) is 6.42 Å². The van der Waals surface area contributed by atoms with Gasteiger partial charge in [-0.3, -0.25) is 15.0 Å². The number of rotatable bonds is 5. The molecule has 0 aliphatic heterocycles. The maximum atomic E-state index is 4.46. The number of hydrogen-bond donors (Lipinski definition) is 1. The predicted molar refractivity (Wildman–Crippen MR) is 78.8 cm³/mol. The zero-order chi connectivity index (χ0) is 13.7. The van der Waals surface area contributed by atoms with Gasteiger partial charge < -0.3 is 5.32 Å². The lowest BCUT2D eigenvalue weighted by Gasteiger charge is -2.17. The normalized spacial score (nSPS) is 12.4. The van der Waals surface area contributed by atoms with Crippen molar-refractivity contribution in [2.45, 2.75) is 26.3 Å². The van der Waals surface area contributed by atoms with Gasteiger partial charge in [0.15, 0.2) is 0 Å². The molecule has 0 radical (unpaired) electrons. The van der Waals surface area contributed by atoms with Gasteiger partial charge in [-0.1, -0.05) is 6.92 Å². The third-order valence-electron chi connectivity index (χ3n) is 2.81. The van der Waals surface area contributed by atoms with E-state index in [-0.39, 0.29) is 6.04 Å². The molecule has 0 aliphatic rings. The quantitative estimate of drug-likeness (QED) is 0.920. The molecule has 1 N–H and O–H groups in total. The van der Waals surface area contributed by atoms with E-state index in [1.807, 2.05) is 19.3 Å². The zero-order valence-electron chi connectivity index (χ0n) is 11.1. The van der Waals surface area contributed by atoms with Crippen molar-refractivity contribution < 1.29 is 0 Å². The first-order valence-corrected chi connectivity index (χ1v) is 7.09. The van der Waals surface area contributed by atoms with Crippen LogP contribution in [0.3, 0.4) is 0 Å². The highest BCUT2D eigenvalue weighted by Crippen LogP contribution is 2.18. The van der Waals surface area contributed by atoms with Gasteiger partial charge in [-0.05, 0) is 47.4 Å². The smallest absolute Gasteiger partial charge is 0.0759 e. The molecule has 0 amide bonds. The van der Waals surface area contributed by atoms with Crippen LogP contribution in [-0.4, -0.2) is 21.5 Å². The molecule has 19 heavy (non-hydrogen) atoms. The summed E-state index contributed by atoms with van der Waals surface area (Å²) in [6, 6.07) is 2.24. The third-order valence-corrected chi connectivity index (χ3v) is 3.24. The third kappa shape index (κ3) is 4.08. The molecule has 0 saturated heterocycles. The number of likely N-dealkylation sites (N-methyl/N-ethyl adjacent to an activating group) is 1. The Hall–Kier alpha value is -1.33. The molecule has 4 nitrogen and oxygen atoms in total. The lowest BCUT2D eigenvalue weighted by molar-refractivity contribution is 0.533. The minimum atomic E-state index is 0.161. The highest BCUT2D eigenvalue weighted by atomic mass is 79.9. The van der Waals surface area contributed by atoms with Crippen LogP contribution in [0, 0.1) is 6.92 Å². The van der Waals surface area contributed by atoms with Crippen molar-refractivity contribution >= 4 is 15.9 Å². The van der Waals surface area contributed by atoms with Crippen LogP contribution in [0.2, 0.25) is 0 Å². The van der Waals surface area contributed by atoms with E-state index in [0.717, 1.165) is 28.8 Å². The molecule has 1 unspecified atom stereocenters. The van der Waals surface area contributed by atoms with E-state index in [4.69, 9.17) is 0 Å². The molecule has 2 heterocycles. The highest BCUT2D eigenvalue weighted by Gasteiger charge is 2.13. The van der Waals surface area contributed by atoms with E-state index in [1.165, 1.54) is 5.56 Å². The summed E-state index contributed by atoms with van der Waals surface area (Å²) in [6.07, 6.45) is 8.17. The van der Waals surface area contributed by atoms with Crippen molar-refractivity contribution in [3.8, 4) is 0 Å². The average molecular weight is 321 g/mol. The molecular weight excluding hydrogens is 304 g/mol. The number of nitrogens with one attached hydrogen (secondary N) is 1. The minimum absolute atomic E-state index is 0.161. The van der Waals surface area contributed by atoms with Crippen LogP contribution >= 0.6 is 15.9 Å². The van der Waals surface area contributed by atoms with Gasteiger partial charge in [0.2, 0.25) is 0 Å². The summed E-state index contributed by atoms with van der Waals surface area (Å²) in [4.78, 5) is 13.0. The molecular formula is C14H17BrN4. The van der Waals surface area contributed by atoms with E-state index in [1.54, 1.807) is 12.4 Å². The van der Waals surface area contributed by atoms with E-state index in [0.29, 0.717) is 0 Å². The van der Waals surface area contributed by atoms with Gasteiger partial charge in [0.1, 0.15) is 0 Å². The molecule has 0 fully saturated rings. The number of aromatic nitrogens is 3. The fraction of sp³-hybridized carbons (Fsp3) is 0.357. The maximum Gasteiger partial charge on any atom is 0.0759 e. The molecule has 2 aromatic heterocycles. The van der Waals surface area contributed by atoms with Crippen LogP contribution in [0.4, 0.5) is 0 Å². The molecule has 2 aromatic rings. The Morgan fingerprint density at radius 1 is 1.21 bits per heavy atom. The minimum Gasteiger partial charge on any atom is -0.309 e. The summed E-state index contributed by atoms with van der Waals surface area (Å²) in [7, 11) is 0. The zero-order valence-corrected chi connectivity index (χ0v) is 12.7. The number of aryl methyl sites for hydroxylation is 1. The van der Waals surface area contributed by atoms with E-state index in [2.05, 4.69) is 49.2 Å². The van der Waals surface area contributed by atoms with Crippen molar-refractivity contribution in [1.82, 2.24) is 20.3 Å². The number of nitrogens with zero attached hydrogens (tertiary/aromatic N) is 3. The molecule has 1 atom stereocenters. The summed E-state index contributed by atoms with van der Waals surface area (Å²) in [6.45, 7) is 4.92. The van der Waals surface area contributed by atoms with Crippen LogP contribution in [0.5, 0.6) is 0 Å². The van der Waals surface area contributed by atoms with Gasteiger partial charge >= 0.3 is 0 Å². The molecule has 0 bridgehead atoms.